The highest BCUT2D eigenvalue weighted by Crippen LogP contribution is 2.38. The third-order valence-corrected chi connectivity index (χ3v) is 4.90. The van der Waals surface area contributed by atoms with Gasteiger partial charge in [-0.05, 0) is 50.9 Å². The summed E-state index contributed by atoms with van der Waals surface area (Å²) in [5.41, 5.74) is 0. The highest BCUT2D eigenvalue weighted by molar-refractivity contribution is 5.68. The van der Waals surface area contributed by atoms with Gasteiger partial charge in [-0.15, -0.1) is 0 Å². The molecule has 1 rings (SSSR count). The molecule has 0 unspecified atom stereocenters. The predicted octanol–water partition coefficient (Wildman–Crippen LogP) is 6.13. The molecule has 2 nitrogen and oxygen atoms in total. The Hall–Kier alpha value is -1.05. The molecule has 1 N–H and O–H groups in total. The molecular formula is C20H34O2. The van der Waals surface area contributed by atoms with Crippen LogP contribution in [0.5, 0.6) is 0 Å². The van der Waals surface area contributed by atoms with Gasteiger partial charge in [0.05, 0.1) is 6.42 Å². The van der Waals surface area contributed by atoms with Gasteiger partial charge in [0.15, 0.2) is 0 Å². The minimum absolute atomic E-state index is 0.166. The fraction of sp³-hybridized carbons (Fsp3) is 0.750. The quantitative estimate of drug-likeness (QED) is 0.348. The molecule has 0 aromatic rings. The molecule has 0 spiro atoms. The molecule has 2 atom stereocenters. The second kappa shape index (κ2) is 12.5. The van der Waals surface area contributed by atoms with Crippen LogP contribution >= 0.6 is 0 Å². The molecule has 1 saturated carbocycles. The summed E-state index contributed by atoms with van der Waals surface area (Å²) in [6.07, 6.45) is 23.1. The summed E-state index contributed by atoms with van der Waals surface area (Å²) in [5.74, 6) is 1.16. The molecule has 126 valence electrons. The molecule has 1 fully saturated rings. The van der Waals surface area contributed by atoms with Crippen molar-refractivity contribution in [2.45, 2.75) is 84.0 Å². The first-order valence-electron chi connectivity index (χ1n) is 9.22. The molecule has 0 amide bonds. The van der Waals surface area contributed by atoms with Crippen molar-refractivity contribution in [3.8, 4) is 0 Å². The normalized spacial score (nSPS) is 22.0. The Bertz CT molecular complexity index is 344. The van der Waals surface area contributed by atoms with Crippen LogP contribution in [0.15, 0.2) is 24.3 Å². The van der Waals surface area contributed by atoms with Crippen LogP contribution in [0.3, 0.4) is 0 Å². The summed E-state index contributed by atoms with van der Waals surface area (Å²) in [5, 5.41) is 8.57. The van der Waals surface area contributed by atoms with Crippen LogP contribution in [0.4, 0.5) is 0 Å². The van der Waals surface area contributed by atoms with Crippen molar-refractivity contribution in [1.82, 2.24) is 0 Å². The lowest BCUT2D eigenvalue weighted by Gasteiger charge is -2.19. The van der Waals surface area contributed by atoms with E-state index in [1.807, 2.05) is 6.08 Å². The van der Waals surface area contributed by atoms with E-state index in [-0.39, 0.29) is 6.42 Å². The maximum absolute atomic E-state index is 10.4. The highest BCUT2D eigenvalue weighted by Gasteiger charge is 2.25. The number of carboxylic acids is 1. The van der Waals surface area contributed by atoms with E-state index < -0.39 is 5.97 Å². The zero-order valence-electron chi connectivity index (χ0n) is 14.3. The number of hydrogen-bond donors (Lipinski definition) is 1. The van der Waals surface area contributed by atoms with Crippen LogP contribution in [-0.4, -0.2) is 11.1 Å². The molecule has 0 heterocycles. The average molecular weight is 306 g/mol. The summed E-state index contributed by atoms with van der Waals surface area (Å²) >= 11 is 0. The van der Waals surface area contributed by atoms with Crippen LogP contribution < -0.4 is 0 Å². The van der Waals surface area contributed by atoms with E-state index in [2.05, 4.69) is 19.1 Å². The molecule has 1 aliphatic rings. The van der Waals surface area contributed by atoms with E-state index in [1.54, 1.807) is 6.08 Å². The first-order chi connectivity index (χ1) is 10.7. The summed E-state index contributed by atoms with van der Waals surface area (Å²) in [4.78, 5) is 10.4. The van der Waals surface area contributed by atoms with Crippen molar-refractivity contribution in [2.75, 3.05) is 0 Å². The maximum atomic E-state index is 10.4. The van der Waals surface area contributed by atoms with Crippen LogP contribution in [0.1, 0.15) is 84.0 Å². The minimum Gasteiger partial charge on any atom is -0.481 e. The summed E-state index contributed by atoms with van der Waals surface area (Å²) in [6, 6.07) is 0. The number of carboxylic acid groups (broad SMARTS) is 1. The zero-order valence-corrected chi connectivity index (χ0v) is 14.3. The molecule has 0 bridgehead atoms. The third kappa shape index (κ3) is 9.07. The lowest BCUT2D eigenvalue weighted by atomic mass is 9.87. The first kappa shape index (κ1) is 19.0. The predicted molar refractivity (Wildman–Crippen MR) is 94.0 cm³/mol. The topological polar surface area (TPSA) is 37.3 Å². The second-order valence-electron chi connectivity index (χ2n) is 6.66. The number of allylic oxidation sites excluding steroid dienone is 3. The van der Waals surface area contributed by atoms with Gasteiger partial charge in [0.25, 0.3) is 0 Å². The Kier molecular flexibility index (Phi) is 10.8. The molecule has 0 radical (unpaired) electrons. The van der Waals surface area contributed by atoms with Crippen molar-refractivity contribution in [2.24, 2.45) is 11.8 Å². The number of aliphatic carboxylic acids is 1. The van der Waals surface area contributed by atoms with Gasteiger partial charge in [0, 0.05) is 0 Å². The van der Waals surface area contributed by atoms with E-state index in [0.29, 0.717) is 0 Å². The zero-order chi connectivity index (χ0) is 16.0. The molecule has 0 saturated heterocycles. The van der Waals surface area contributed by atoms with Gasteiger partial charge in [0.2, 0.25) is 0 Å². The first-order valence-corrected chi connectivity index (χ1v) is 9.22. The standard InChI is InChI=1S/C20H34O2/c1-2-3-4-5-6-9-13-18-15-12-16-19(18)14-10-7-8-11-17-20(21)22/h2-3,8,11,18-19H,4-7,9-10,12-17H2,1H3,(H,21,22)/t18-,19-/m0/s1. The summed E-state index contributed by atoms with van der Waals surface area (Å²) in [7, 11) is 0. The smallest absolute Gasteiger partial charge is 0.307 e. The maximum Gasteiger partial charge on any atom is 0.307 e. The Morgan fingerprint density at radius 1 is 0.955 bits per heavy atom. The largest absolute Gasteiger partial charge is 0.481 e. The number of hydrogen-bond acceptors (Lipinski definition) is 1. The molecular weight excluding hydrogens is 272 g/mol. The molecule has 0 aromatic heterocycles. The Labute approximate surface area is 136 Å². The lowest BCUT2D eigenvalue weighted by Crippen LogP contribution is -2.07. The van der Waals surface area contributed by atoms with Gasteiger partial charge in [-0.2, -0.15) is 0 Å². The number of carbonyl (C=O) groups is 1. The van der Waals surface area contributed by atoms with Gasteiger partial charge >= 0.3 is 5.97 Å². The monoisotopic (exact) mass is 306 g/mol. The summed E-state index contributed by atoms with van der Waals surface area (Å²) < 4.78 is 0. The van der Waals surface area contributed by atoms with Crippen molar-refractivity contribution in [3.05, 3.63) is 24.3 Å². The Morgan fingerprint density at radius 2 is 1.64 bits per heavy atom. The van der Waals surface area contributed by atoms with E-state index in [1.165, 1.54) is 64.2 Å². The molecule has 0 aliphatic heterocycles. The Balaban J connectivity index is 2.07. The fourth-order valence-corrected chi connectivity index (χ4v) is 3.69. The third-order valence-electron chi connectivity index (χ3n) is 4.90. The summed E-state index contributed by atoms with van der Waals surface area (Å²) in [6.45, 7) is 2.10. The Morgan fingerprint density at radius 3 is 2.32 bits per heavy atom. The van der Waals surface area contributed by atoms with Crippen LogP contribution in [0.25, 0.3) is 0 Å². The van der Waals surface area contributed by atoms with Gasteiger partial charge in [0.1, 0.15) is 0 Å². The van der Waals surface area contributed by atoms with E-state index in [4.69, 9.17) is 5.11 Å². The minimum atomic E-state index is -0.735. The second-order valence-corrected chi connectivity index (χ2v) is 6.66. The van der Waals surface area contributed by atoms with Crippen molar-refractivity contribution < 1.29 is 9.90 Å². The van der Waals surface area contributed by atoms with Crippen LogP contribution in [-0.2, 0) is 4.79 Å². The van der Waals surface area contributed by atoms with Crippen LogP contribution in [0.2, 0.25) is 0 Å². The van der Waals surface area contributed by atoms with Gasteiger partial charge in [-0.1, -0.05) is 62.8 Å². The highest BCUT2D eigenvalue weighted by atomic mass is 16.4. The van der Waals surface area contributed by atoms with E-state index in [9.17, 15) is 4.79 Å². The molecule has 0 aromatic carbocycles. The molecule has 1 aliphatic carbocycles. The number of rotatable bonds is 12. The van der Waals surface area contributed by atoms with Gasteiger partial charge in [-0.3, -0.25) is 4.79 Å². The molecule has 22 heavy (non-hydrogen) atoms. The van der Waals surface area contributed by atoms with Gasteiger partial charge in [-0.25, -0.2) is 0 Å². The fourth-order valence-electron chi connectivity index (χ4n) is 3.69. The van der Waals surface area contributed by atoms with Crippen LogP contribution in [0, 0.1) is 11.8 Å². The average Bonchev–Trinajstić information content (AvgIpc) is 2.93. The van der Waals surface area contributed by atoms with Crippen molar-refractivity contribution in [1.29, 1.82) is 0 Å². The lowest BCUT2D eigenvalue weighted by molar-refractivity contribution is -0.136. The van der Waals surface area contributed by atoms with Crippen molar-refractivity contribution in [3.63, 3.8) is 0 Å². The van der Waals surface area contributed by atoms with Gasteiger partial charge < -0.3 is 5.11 Å². The number of unbranched alkanes of at least 4 members (excludes halogenated alkanes) is 4. The van der Waals surface area contributed by atoms with E-state index in [0.717, 1.165) is 18.3 Å². The van der Waals surface area contributed by atoms with E-state index >= 15 is 0 Å². The SMILES string of the molecule is CC=CCCCCC[C@H]1CCC[C@@H]1CCCC=CCC(=O)O. The van der Waals surface area contributed by atoms with Crippen molar-refractivity contribution >= 4 is 5.97 Å². The molecule has 2 heteroatoms.